The number of nitrogens with zero attached hydrogens (tertiary/aromatic N) is 1. The molecule has 5 atom stereocenters. The van der Waals surface area contributed by atoms with E-state index in [2.05, 4.69) is 0 Å². The molecular weight excluding hydrogens is 342 g/mol. The van der Waals surface area contributed by atoms with Crippen molar-refractivity contribution in [2.24, 2.45) is 0 Å². The molecule has 0 aromatic heterocycles. The summed E-state index contributed by atoms with van der Waals surface area (Å²) in [6.07, 6.45) is -7.72. The molecule has 2 aromatic carbocycles. The molecule has 4 N–H and O–H groups in total. The maximum Gasteiger partial charge on any atom is 0.263 e. The predicted octanol–water partition coefficient (Wildman–Crippen LogP) is -0.764. The van der Waals surface area contributed by atoms with Crippen LogP contribution < -0.4 is 0 Å². The van der Waals surface area contributed by atoms with Crippen molar-refractivity contribution < 1.29 is 34.8 Å². The topological polar surface area (TPSA) is 128 Å². The molecule has 2 amide bonds. The first-order chi connectivity index (χ1) is 12.5. The molecule has 136 valence electrons. The van der Waals surface area contributed by atoms with Gasteiger partial charge in [-0.15, -0.1) is 0 Å². The van der Waals surface area contributed by atoms with Gasteiger partial charge in [-0.3, -0.25) is 9.59 Å². The summed E-state index contributed by atoms with van der Waals surface area (Å²) in [6, 6.07) is 10.1. The lowest BCUT2D eigenvalue weighted by atomic mass is 9.92. The van der Waals surface area contributed by atoms with Crippen LogP contribution in [-0.4, -0.2) is 74.4 Å². The van der Waals surface area contributed by atoms with Crippen LogP contribution in [0.2, 0.25) is 0 Å². The molecule has 26 heavy (non-hydrogen) atoms. The molecule has 1 saturated heterocycles. The SMILES string of the molecule is O=C1c2cccc3cccc(c23)C(=O)N1C1O[C@H](CO)[C@@H](O)[C@@H](O)[C@H]1O. The molecule has 8 nitrogen and oxygen atoms in total. The lowest BCUT2D eigenvalue weighted by Gasteiger charge is -2.44. The fraction of sp³-hybridized carbons (Fsp3) is 0.333. The molecule has 2 aliphatic heterocycles. The number of rotatable bonds is 2. The van der Waals surface area contributed by atoms with E-state index in [1.54, 1.807) is 36.4 Å². The van der Waals surface area contributed by atoms with Crippen molar-refractivity contribution in [2.75, 3.05) is 6.61 Å². The number of aliphatic hydroxyl groups is 4. The van der Waals surface area contributed by atoms with Crippen LogP contribution in [-0.2, 0) is 4.74 Å². The van der Waals surface area contributed by atoms with Crippen LogP contribution in [0.1, 0.15) is 20.7 Å². The van der Waals surface area contributed by atoms with E-state index in [0.717, 1.165) is 10.3 Å². The van der Waals surface area contributed by atoms with Gasteiger partial charge in [0.05, 0.1) is 6.61 Å². The Labute approximate surface area is 147 Å². The number of hydrogen-bond acceptors (Lipinski definition) is 7. The molecule has 1 unspecified atom stereocenters. The van der Waals surface area contributed by atoms with Gasteiger partial charge in [0.1, 0.15) is 24.4 Å². The zero-order chi connectivity index (χ0) is 18.6. The van der Waals surface area contributed by atoms with Gasteiger partial charge >= 0.3 is 0 Å². The molecule has 8 heteroatoms. The highest BCUT2D eigenvalue weighted by molar-refractivity contribution is 6.25. The van der Waals surface area contributed by atoms with Gasteiger partial charge in [-0.25, -0.2) is 4.90 Å². The molecule has 0 spiro atoms. The Bertz CT molecular complexity index is 845. The average Bonchev–Trinajstić information content (AvgIpc) is 2.66. The Kier molecular flexibility index (Phi) is 4.02. The van der Waals surface area contributed by atoms with E-state index in [4.69, 9.17) is 4.74 Å². The number of benzene rings is 2. The number of carbonyl (C=O) groups excluding carboxylic acids is 2. The third kappa shape index (κ3) is 2.28. The van der Waals surface area contributed by atoms with Crippen LogP contribution in [0, 0.1) is 0 Å². The molecular formula is C18H17NO7. The van der Waals surface area contributed by atoms with E-state index in [-0.39, 0.29) is 11.1 Å². The number of amides is 2. The molecule has 0 radical (unpaired) electrons. The normalized spacial score (nSPS) is 31.5. The zero-order valence-electron chi connectivity index (χ0n) is 13.5. The summed E-state index contributed by atoms with van der Waals surface area (Å²) in [4.78, 5) is 26.6. The number of carbonyl (C=O) groups is 2. The molecule has 2 aromatic rings. The first-order valence-corrected chi connectivity index (χ1v) is 8.16. The van der Waals surface area contributed by atoms with Gasteiger partial charge in [0.25, 0.3) is 11.8 Å². The third-order valence-electron chi connectivity index (χ3n) is 4.92. The lowest BCUT2D eigenvalue weighted by Crippen LogP contribution is -2.65. The van der Waals surface area contributed by atoms with E-state index < -0.39 is 49.1 Å². The van der Waals surface area contributed by atoms with Gasteiger partial charge in [0.2, 0.25) is 0 Å². The quantitative estimate of drug-likeness (QED) is 0.519. The van der Waals surface area contributed by atoms with Gasteiger partial charge in [-0.1, -0.05) is 24.3 Å². The van der Waals surface area contributed by atoms with Gasteiger partial charge < -0.3 is 25.2 Å². The van der Waals surface area contributed by atoms with Crippen molar-refractivity contribution in [1.29, 1.82) is 0 Å². The second-order valence-electron chi connectivity index (χ2n) is 6.41. The third-order valence-corrected chi connectivity index (χ3v) is 4.92. The Morgan fingerprint density at radius 1 is 0.885 bits per heavy atom. The lowest BCUT2D eigenvalue weighted by molar-refractivity contribution is -0.251. The summed E-state index contributed by atoms with van der Waals surface area (Å²) in [5, 5.41) is 40.7. The predicted molar refractivity (Wildman–Crippen MR) is 88.2 cm³/mol. The van der Waals surface area contributed by atoms with Crippen LogP contribution in [0.5, 0.6) is 0 Å². The van der Waals surface area contributed by atoms with Gasteiger partial charge in [0, 0.05) is 16.5 Å². The van der Waals surface area contributed by atoms with E-state index >= 15 is 0 Å². The van der Waals surface area contributed by atoms with E-state index in [1.165, 1.54) is 0 Å². The molecule has 4 rings (SSSR count). The minimum absolute atomic E-state index is 0.273. The van der Waals surface area contributed by atoms with E-state index in [0.29, 0.717) is 5.39 Å². The molecule has 0 saturated carbocycles. The summed E-state index contributed by atoms with van der Waals surface area (Å²) >= 11 is 0. The molecule has 2 aliphatic rings. The highest BCUT2D eigenvalue weighted by atomic mass is 16.6. The molecule has 0 aliphatic carbocycles. The van der Waals surface area contributed by atoms with Crippen LogP contribution in [0.15, 0.2) is 36.4 Å². The molecule has 1 fully saturated rings. The summed E-state index contributed by atoms with van der Waals surface area (Å²) < 4.78 is 5.40. The monoisotopic (exact) mass is 359 g/mol. The summed E-state index contributed by atoms with van der Waals surface area (Å²) in [5.41, 5.74) is 0.546. The van der Waals surface area contributed by atoms with Crippen molar-refractivity contribution in [3.05, 3.63) is 47.5 Å². The summed E-state index contributed by atoms with van der Waals surface area (Å²) in [7, 11) is 0. The smallest absolute Gasteiger partial charge is 0.263 e. The Hall–Kier alpha value is -2.36. The number of aliphatic hydroxyl groups excluding tert-OH is 4. The van der Waals surface area contributed by atoms with Gasteiger partial charge in [-0.05, 0) is 17.5 Å². The van der Waals surface area contributed by atoms with Crippen LogP contribution >= 0.6 is 0 Å². The maximum absolute atomic E-state index is 12.9. The van der Waals surface area contributed by atoms with Crippen molar-refractivity contribution in [1.82, 2.24) is 4.90 Å². The minimum atomic E-state index is -1.72. The van der Waals surface area contributed by atoms with Crippen LogP contribution in [0.25, 0.3) is 10.8 Å². The average molecular weight is 359 g/mol. The second kappa shape index (κ2) is 6.11. The fourth-order valence-corrected chi connectivity index (χ4v) is 3.58. The first kappa shape index (κ1) is 17.1. The number of imide groups is 1. The number of hydrogen-bond donors (Lipinski definition) is 4. The fourth-order valence-electron chi connectivity index (χ4n) is 3.58. The van der Waals surface area contributed by atoms with Crippen molar-refractivity contribution in [2.45, 2.75) is 30.6 Å². The Morgan fingerprint density at radius 2 is 1.46 bits per heavy atom. The zero-order valence-corrected chi connectivity index (χ0v) is 13.5. The van der Waals surface area contributed by atoms with Gasteiger partial charge in [-0.2, -0.15) is 0 Å². The first-order valence-electron chi connectivity index (χ1n) is 8.16. The van der Waals surface area contributed by atoms with Crippen LogP contribution in [0.3, 0.4) is 0 Å². The van der Waals surface area contributed by atoms with E-state index in [9.17, 15) is 30.0 Å². The van der Waals surface area contributed by atoms with Gasteiger partial charge in [0.15, 0.2) is 6.23 Å². The Balaban J connectivity index is 1.81. The van der Waals surface area contributed by atoms with E-state index in [1.807, 2.05) is 0 Å². The molecule has 2 heterocycles. The number of ether oxygens (including phenoxy) is 1. The Morgan fingerprint density at radius 3 is 2.00 bits per heavy atom. The standard InChI is InChI=1S/C18H17NO7/c20-7-11-13(21)14(22)15(23)18(26-11)19-16(24)9-5-1-3-8-4-2-6-10(12(8)9)17(19)25/h1-6,11,13-15,18,20-23H,7H2/t11-,13-,14-,15-,18?/m1/s1. The highest BCUT2D eigenvalue weighted by Gasteiger charge is 2.50. The van der Waals surface area contributed by atoms with Crippen molar-refractivity contribution >= 4 is 22.6 Å². The largest absolute Gasteiger partial charge is 0.394 e. The van der Waals surface area contributed by atoms with Crippen molar-refractivity contribution in [3.8, 4) is 0 Å². The second-order valence-corrected chi connectivity index (χ2v) is 6.41. The highest BCUT2D eigenvalue weighted by Crippen LogP contribution is 2.33. The molecule has 0 bridgehead atoms. The summed E-state index contributed by atoms with van der Waals surface area (Å²) in [6.45, 7) is -0.649. The van der Waals surface area contributed by atoms with Crippen molar-refractivity contribution in [3.63, 3.8) is 0 Å². The summed E-state index contributed by atoms with van der Waals surface area (Å²) in [5.74, 6) is -1.35. The maximum atomic E-state index is 12.9. The van der Waals surface area contributed by atoms with Crippen LogP contribution in [0.4, 0.5) is 0 Å². The minimum Gasteiger partial charge on any atom is -0.394 e.